The monoisotopic (exact) mass is 506 g/mol. The second kappa shape index (κ2) is 9.21. The molecule has 35 heavy (non-hydrogen) atoms. The molecule has 4 aliphatic carbocycles. The molecular weight excluding hydrogens is 472 g/mol. The Morgan fingerprint density at radius 1 is 1.31 bits per heavy atom. The lowest BCUT2D eigenvalue weighted by Crippen LogP contribution is -2.56. The number of carbonyl (C=O) groups is 1. The second-order valence-corrected chi connectivity index (χ2v) is 13.4. The number of nitrogens with one attached hydrogen (secondary N) is 1. The highest BCUT2D eigenvalue weighted by molar-refractivity contribution is 8.00. The number of aromatic nitrogens is 1. The van der Waals surface area contributed by atoms with Gasteiger partial charge in [0.2, 0.25) is 5.91 Å². The number of likely N-dealkylation sites (N-methyl/N-ethyl adjacent to an activating group) is 1. The number of amides is 1. The molecule has 2 aromatic rings. The molecule has 184 valence electrons. The average Bonchev–Trinajstić information content (AvgIpc) is 3.35. The summed E-state index contributed by atoms with van der Waals surface area (Å²) in [5.74, 6) is 3.01. The predicted octanol–water partition coefficient (Wildman–Crippen LogP) is 5.48. The van der Waals surface area contributed by atoms with Crippen LogP contribution in [0.25, 0.3) is 10.4 Å². The zero-order valence-corrected chi connectivity index (χ0v) is 22.3. The highest BCUT2D eigenvalue weighted by Crippen LogP contribution is 2.61. The van der Waals surface area contributed by atoms with Gasteiger partial charge in [0.25, 0.3) is 0 Å². The molecule has 0 unspecified atom stereocenters. The van der Waals surface area contributed by atoms with Gasteiger partial charge in [0, 0.05) is 41.7 Å². The molecule has 7 heteroatoms. The van der Waals surface area contributed by atoms with Crippen molar-refractivity contribution in [2.75, 3.05) is 19.3 Å². The molecule has 1 atom stereocenters. The molecule has 7 rings (SSSR count). The van der Waals surface area contributed by atoms with Crippen LogP contribution in [0.1, 0.15) is 62.3 Å². The number of rotatable bonds is 6. The summed E-state index contributed by atoms with van der Waals surface area (Å²) in [5, 5.41) is 16.3. The van der Waals surface area contributed by atoms with Crippen molar-refractivity contribution in [1.82, 2.24) is 15.2 Å². The summed E-state index contributed by atoms with van der Waals surface area (Å²) in [7, 11) is 2.12. The lowest BCUT2D eigenvalue weighted by Gasteiger charge is -2.59. The first-order valence-corrected chi connectivity index (χ1v) is 14.9. The van der Waals surface area contributed by atoms with Gasteiger partial charge in [0.05, 0.1) is 11.3 Å². The fraction of sp³-hybridized carbons (Fsp3) is 0.607. The lowest BCUT2D eigenvalue weighted by molar-refractivity contribution is -0.123. The Morgan fingerprint density at radius 2 is 2.03 bits per heavy atom. The summed E-state index contributed by atoms with van der Waals surface area (Å²) in [6.07, 6.45) is 8.99. The maximum atomic E-state index is 13.1. The third-order valence-electron chi connectivity index (χ3n) is 9.11. The van der Waals surface area contributed by atoms with Crippen LogP contribution in [-0.2, 0) is 17.8 Å². The van der Waals surface area contributed by atoms with Crippen LogP contribution in [0.4, 0.5) is 0 Å². The van der Waals surface area contributed by atoms with E-state index in [1.165, 1.54) is 55.9 Å². The molecule has 1 N–H and O–H groups in total. The summed E-state index contributed by atoms with van der Waals surface area (Å²) in [5.41, 5.74) is 4.18. The second-order valence-electron chi connectivity index (χ2n) is 11.5. The molecule has 2 aromatic heterocycles. The van der Waals surface area contributed by atoms with E-state index in [4.69, 9.17) is 4.98 Å². The van der Waals surface area contributed by atoms with Gasteiger partial charge in [-0.2, -0.15) is 5.26 Å². The van der Waals surface area contributed by atoms with Crippen molar-refractivity contribution in [2.45, 2.75) is 69.5 Å². The van der Waals surface area contributed by atoms with Crippen LogP contribution in [-0.4, -0.2) is 41.2 Å². The molecule has 5 aliphatic rings. The summed E-state index contributed by atoms with van der Waals surface area (Å²) in [6.45, 7) is 4.00. The minimum atomic E-state index is 0.0686. The van der Waals surface area contributed by atoms with Crippen molar-refractivity contribution >= 4 is 29.0 Å². The summed E-state index contributed by atoms with van der Waals surface area (Å²) < 4.78 is 0. The lowest BCUT2D eigenvalue weighted by atomic mass is 9.48. The third-order valence-corrected chi connectivity index (χ3v) is 11.0. The number of fused-ring (bicyclic) bond motifs is 1. The van der Waals surface area contributed by atoms with E-state index in [-0.39, 0.29) is 11.9 Å². The molecule has 0 spiro atoms. The maximum Gasteiger partial charge on any atom is 0.230 e. The first kappa shape index (κ1) is 23.5. The molecule has 4 fully saturated rings. The smallest absolute Gasteiger partial charge is 0.230 e. The van der Waals surface area contributed by atoms with Crippen LogP contribution >= 0.6 is 23.1 Å². The van der Waals surface area contributed by atoms with Gasteiger partial charge in [-0.15, -0.1) is 11.3 Å². The number of thioether (sulfide) groups is 1. The number of nitriles is 1. The Bertz CT molecular complexity index is 1130. The molecule has 0 radical (unpaired) electrons. The standard InChI is InChI=1S/C28H34N4OS2/c1-17(28-11-18-8-19(12-28)10-20(9-18)13-28)30-25(33)16-35-27-21(14-29)26(24-4-3-7-34-24)22-15-32(2)6-5-23(22)31-27/h3-4,7,17-20H,5-6,8-13,15-16H2,1-2H3,(H,30,33)/t17-,18?,19?,20?,28?/m0/s1. The van der Waals surface area contributed by atoms with E-state index in [9.17, 15) is 10.1 Å². The van der Waals surface area contributed by atoms with E-state index in [1.807, 2.05) is 6.07 Å². The molecule has 1 aliphatic heterocycles. The first-order chi connectivity index (χ1) is 16.9. The molecule has 0 saturated heterocycles. The van der Waals surface area contributed by atoms with Crippen molar-refractivity contribution < 1.29 is 4.79 Å². The van der Waals surface area contributed by atoms with Crippen LogP contribution in [0.15, 0.2) is 22.5 Å². The van der Waals surface area contributed by atoms with Gasteiger partial charge in [0.1, 0.15) is 11.1 Å². The Morgan fingerprint density at radius 3 is 2.66 bits per heavy atom. The Balaban J connectivity index is 1.20. The number of carbonyl (C=O) groups excluding carboxylic acids is 1. The van der Waals surface area contributed by atoms with Gasteiger partial charge >= 0.3 is 0 Å². The summed E-state index contributed by atoms with van der Waals surface area (Å²) in [6, 6.07) is 6.78. The van der Waals surface area contributed by atoms with Gasteiger partial charge in [-0.25, -0.2) is 4.98 Å². The number of hydrogen-bond acceptors (Lipinski definition) is 6. The maximum absolute atomic E-state index is 13.1. The number of pyridine rings is 1. The van der Waals surface area contributed by atoms with E-state index in [2.05, 4.69) is 41.7 Å². The average molecular weight is 507 g/mol. The fourth-order valence-corrected chi connectivity index (χ4v) is 9.47. The van der Waals surface area contributed by atoms with Crippen molar-refractivity contribution in [3.63, 3.8) is 0 Å². The highest BCUT2D eigenvalue weighted by Gasteiger charge is 2.53. The van der Waals surface area contributed by atoms with Crippen LogP contribution in [0.2, 0.25) is 0 Å². The van der Waals surface area contributed by atoms with E-state index in [1.54, 1.807) is 11.3 Å². The topological polar surface area (TPSA) is 69.0 Å². The van der Waals surface area contributed by atoms with Crippen LogP contribution in [0, 0.1) is 34.5 Å². The minimum Gasteiger partial charge on any atom is -0.352 e. The van der Waals surface area contributed by atoms with Crippen molar-refractivity contribution in [3.05, 3.63) is 34.3 Å². The molecule has 4 saturated carbocycles. The predicted molar refractivity (Wildman–Crippen MR) is 141 cm³/mol. The molecule has 4 bridgehead atoms. The number of thiophene rings is 1. The van der Waals surface area contributed by atoms with Gasteiger partial charge in [-0.1, -0.05) is 17.8 Å². The minimum absolute atomic E-state index is 0.0686. The van der Waals surface area contributed by atoms with E-state index in [0.717, 1.165) is 53.4 Å². The SMILES string of the molecule is C[C@H](NC(=O)CSc1nc2c(c(-c3cccs3)c1C#N)CN(C)CC2)C12CC3CC(CC(C3)C1)C2. The molecule has 0 aromatic carbocycles. The number of hydrogen-bond donors (Lipinski definition) is 1. The molecular formula is C28H34N4OS2. The van der Waals surface area contributed by atoms with Gasteiger partial charge in [-0.3, -0.25) is 4.79 Å². The highest BCUT2D eigenvalue weighted by atomic mass is 32.2. The Hall–Kier alpha value is -1.88. The van der Waals surface area contributed by atoms with E-state index in [0.29, 0.717) is 21.8 Å². The van der Waals surface area contributed by atoms with Gasteiger partial charge in [-0.05, 0) is 92.7 Å². The molecule has 1 amide bonds. The molecule has 3 heterocycles. The zero-order chi connectivity index (χ0) is 24.2. The number of nitrogens with zero attached hydrogens (tertiary/aromatic N) is 3. The van der Waals surface area contributed by atoms with E-state index >= 15 is 0 Å². The third kappa shape index (κ3) is 4.32. The molecule has 5 nitrogen and oxygen atoms in total. The first-order valence-electron chi connectivity index (χ1n) is 13.0. The summed E-state index contributed by atoms with van der Waals surface area (Å²) >= 11 is 3.09. The van der Waals surface area contributed by atoms with Crippen molar-refractivity contribution in [2.24, 2.45) is 23.2 Å². The van der Waals surface area contributed by atoms with Crippen molar-refractivity contribution in [1.29, 1.82) is 5.26 Å². The van der Waals surface area contributed by atoms with Crippen LogP contribution in [0.3, 0.4) is 0 Å². The quantitative estimate of drug-likeness (QED) is 0.525. The Labute approximate surface area is 216 Å². The fourth-order valence-electron chi connectivity index (χ4n) is 7.85. The van der Waals surface area contributed by atoms with E-state index < -0.39 is 0 Å². The summed E-state index contributed by atoms with van der Waals surface area (Å²) in [4.78, 5) is 21.4. The zero-order valence-electron chi connectivity index (χ0n) is 20.7. The Kier molecular flexibility index (Phi) is 6.19. The van der Waals surface area contributed by atoms with Gasteiger partial charge in [0.15, 0.2) is 0 Å². The largest absolute Gasteiger partial charge is 0.352 e. The van der Waals surface area contributed by atoms with Gasteiger partial charge < -0.3 is 10.2 Å². The van der Waals surface area contributed by atoms with Crippen LogP contribution < -0.4 is 5.32 Å². The normalized spacial score (nSPS) is 30.0. The van der Waals surface area contributed by atoms with Crippen molar-refractivity contribution in [3.8, 4) is 16.5 Å². The van der Waals surface area contributed by atoms with Crippen LogP contribution in [0.5, 0.6) is 0 Å².